The highest BCUT2D eigenvalue weighted by molar-refractivity contribution is 6.68. The van der Waals surface area contributed by atoms with Gasteiger partial charge in [0.2, 0.25) is 0 Å². The van der Waals surface area contributed by atoms with Crippen LogP contribution >= 0.6 is 11.6 Å². The predicted molar refractivity (Wildman–Crippen MR) is 93.0 cm³/mol. The fourth-order valence-corrected chi connectivity index (χ4v) is 3.00. The number of phenols is 1. The minimum Gasteiger partial charge on any atom is -0.506 e. The van der Waals surface area contributed by atoms with Gasteiger partial charge in [0, 0.05) is 13.1 Å². The highest BCUT2D eigenvalue weighted by atomic mass is 35.5. The summed E-state index contributed by atoms with van der Waals surface area (Å²) in [4.78, 5) is 19.0. The maximum atomic E-state index is 12.6. The standard InChI is InChI=1S/C15H19ClN6O2/c1-8-7-9(11(17)10(16)13(8)23)19-12-14(18)21-5-3-20(2)4-6-22(21)15(12)24/h7,18,23H,3-6,17H2,1-2H3. The molecule has 0 spiro atoms. The molecule has 0 radical (unpaired) electrons. The number of nitrogens with one attached hydrogen (secondary N) is 1. The number of fused-ring (bicyclic) bond motifs is 1. The van der Waals surface area contributed by atoms with Crippen molar-refractivity contribution in [3.63, 3.8) is 0 Å². The number of phenolic OH excluding ortho intramolecular Hbond substituents is 1. The molecule has 3 rings (SSSR count). The number of carbonyl (C=O) groups is 1. The molecule has 1 aromatic rings. The number of halogens is 1. The van der Waals surface area contributed by atoms with Crippen molar-refractivity contribution in [2.45, 2.75) is 6.92 Å². The molecule has 0 unspecified atom stereocenters. The van der Waals surface area contributed by atoms with Crippen molar-refractivity contribution in [3.05, 3.63) is 16.7 Å². The van der Waals surface area contributed by atoms with Crippen LogP contribution in [0.2, 0.25) is 5.02 Å². The minimum atomic E-state index is -0.323. The van der Waals surface area contributed by atoms with Crippen molar-refractivity contribution in [2.24, 2.45) is 4.99 Å². The number of benzene rings is 1. The Kier molecular flexibility index (Phi) is 4.10. The Morgan fingerprint density at radius 1 is 1.29 bits per heavy atom. The summed E-state index contributed by atoms with van der Waals surface area (Å²) in [5.41, 5.74) is 6.80. The van der Waals surface area contributed by atoms with Gasteiger partial charge in [0.15, 0.2) is 11.5 Å². The van der Waals surface area contributed by atoms with Crippen LogP contribution in [0.1, 0.15) is 5.56 Å². The number of hydrogen-bond acceptors (Lipinski definition) is 6. The molecular formula is C15H19ClN6O2. The second-order valence-corrected chi connectivity index (χ2v) is 6.33. The molecule has 9 heteroatoms. The monoisotopic (exact) mass is 350 g/mol. The van der Waals surface area contributed by atoms with Crippen LogP contribution in [0.15, 0.2) is 11.1 Å². The third-order valence-electron chi connectivity index (χ3n) is 4.28. The smallest absolute Gasteiger partial charge is 0.294 e. The number of aliphatic imine (C=N–C) groups is 1. The molecule has 2 fully saturated rings. The topological polar surface area (TPSA) is 109 Å². The maximum absolute atomic E-state index is 12.6. The highest BCUT2D eigenvalue weighted by Crippen LogP contribution is 2.39. The summed E-state index contributed by atoms with van der Waals surface area (Å²) in [5, 5.41) is 21.3. The number of hydrazine groups is 1. The number of nitrogens with zero attached hydrogens (tertiary/aromatic N) is 4. The highest BCUT2D eigenvalue weighted by Gasteiger charge is 2.40. The number of rotatable bonds is 1. The molecule has 1 aromatic carbocycles. The van der Waals surface area contributed by atoms with Crippen LogP contribution in [-0.4, -0.2) is 70.7 Å². The molecule has 0 atom stereocenters. The number of nitrogens with two attached hydrogens (primary N) is 1. The zero-order valence-electron chi connectivity index (χ0n) is 13.5. The Bertz CT molecular complexity index is 735. The van der Waals surface area contributed by atoms with E-state index in [0.717, 1.165) is 13.1 Å². The van der Waals surface area contributed by atoms with Crippen LogP contribution in [0.5, 0.6) is 5.75 Å². The van der Waals surface area contributed by atoms with Gasteiger partial charge in [-0.3, -0.25) is 15.2 Å². The number of amides is 1. The SMILES string of the molecule is Cc1cc(N=C2C(=N)N3CCN(C)CCN3C2=O)c(N)c(Cl)c1O. The van der Waals surface area contributed by atoms with Crippen molar-refractivity contribution >= 4 is 40.4 Å². The van der Waals surface area contributed by atoms with Crippen molar-refractivity contribution in [1.82, 2.24) is 14.9 Å². The minimum absolute atomic E-state index is 0.00257. The van der Waals surface area contributed by atoms with Gasteiger partial charge in [0.05, 0.1) is 24.5 Å². The second-order valence-electron chi connectivity index (χ2n) is 5.95. The summed E-state index contributed by atoms with van der Waals surface area (Å²) in [5.74, 6) is -0.375. The summed E-state index contributed by atoms with van der Waals surface area (Å²) in [6, 6.07) is 1.55. The first-order chi connectivity index (χ1) is 11.3. The second kappa shape index (κ2) is 5.95. The number of aryl methyl sites for hydroxylation is 1. The van der Waals surface area contributed by atoms with E-state index in [1.165, 1.54) is 5.01 Å². The number of nitrogen functional groups attached to an aromatic ring is 1. The molecule has 128 valence electrons. The molecule has 0 aliphatic carbocycles. The molecule has 1 amide bonds. The number of likely N-dealkylation sites (N-methyl/N-ethyl adjacent to an activating group) is 1. The Labute approximate surface area is 144 Å². The molecule has 2 aliphatic rings. The first-order valence-electron chi connectivity index (χ1n) is 7.54. The van der Waals surface area contributed by atoms with E-state index in [0.29, 0.717) is 18.7 Å². The van der Waals surface area contributed by atoms with Crippen LogP contribution in [0.4, 0.5) is 11.4 Å². The van der Waals surface area contributed by atoms with Crippen molar-refractivity contribution < 1.29 is 9.90 Å². The zero-order chi connectivity index (χ0) is 17.6. The van der Waals surface area contributed by atoms with E-state index < -0.39 is 0 Å². The molecule has 2 saturated heterocycles. The van der Waals surface area contributed by atoms with Gasteiger partial charge in [-0.05, 0) is 25.6 Å². The Hall–Kier alpha value is -2.32. The Morgan fingerprint density at radius 2 is 1.92 bits per heavy atom. The van der Waals surface area contributed by atoms with E-state index in [9.17, 15) is 9.90 Å². The molecule has 4 N–H and O–H groups in total. The molecule has 2 heterocycles. The first kappa shape index (κ1) is 16.5. The van der Waals surface area contributed by atoms with Crippen LogP contribution in [0, 0.1) is 12.3 Å². The largest absolute Gasteiger partial charge is 0.506 e. The molecule has 0 bridgehead atoms. The van der Waals surface area contributed by atoms with E-state index >= 15 is 0 Å². The van der Waals surface area contributed by atoms with Gasteiger partial charge < -0.3 is 15.7 Å². The number of anilines is 1. The fourth-order valence-electron chi connectivity index (χ4n) is 2.75. The van der Waals surface area contributed by atoms with Crippen molar-refractivity contribution in [3.8, 4) is 5.75 Å². The van der Waals surface area contributed by atoms with Gasteiger partial charge in [0.25, 0.3) is 5.91 Å². The normalized spacial score (nSPS) is 20.7. The molecule has 0 aromatic heterocycles. The average Bonchev–Trinajstić information content (AvgIpc) is 2.69. The quantitative estimate of drug-likeness (QED) is 0.654. The third-order valence-corrected chi connectivity index (χ3v) is 4.66. The lowest BCUT2D eigenvalue weighted by atomic mass is 10.1. The summed E-state index contributed by atoms with van der Waals surface area (Å²) < 4.78 is 0. The first-order valence-corrected chi connectivity index (χ1v) is 7.92. The fraction of sp³-hybridized carbons (Fsp3) is 0.400. The summed E-state index contributed by atoms with van der Waals surface area (Å²) in [7, 11) is 1.98. The molecule has 0 saturated carbocycles. The Balaban J connectivity index is 2.00. The number of amidine groups is 1. The van der Waals surface area contributed by atoms with Gasteiger partial charge in [-0.25, -0.2) is 10.0 Å². The van der Waals surface area contributed by atoms with E-state index in [-0.39, 0.29) is 39.6 Å². The number of hydrogen-bond donors (Lipinski definition) is 3. The lowest BCUT2D eigenvalue weighted by Gasteiger charge is -2.24. The lowest BCUT2D eigenvalue weighted by Crippen LogP contribution is -2.41. The van der Waals surface area contributed by atoms with Crippen LogP contribution in [0.3, 0.4) is 0 Å². The lowest BCUT2D eigenvalue weighted by molar-refractivity contribution is -0.131. The van der Waals surface area contributed by atoms with Crippen LogP contribution in [0.25, 0.3) is 0 Å². The van der Waals surface area contributed by atoms with Crippen LogP contribution < -0.4 is 5.73 Å². The molecule has 24 heavy (non-hydrogen) atoms. The predicted octanol–water partition coefficient (Wildman–Crippen LogP) is 0.991. The zero-order valence-corrected chi connectivity index (χ0v) is 14.3. The van der Waals surface area contributed by atoms with Crippen molar-refractivity contribution in [1.29, 1.82) is 5.41 Å². The molecular weight excluding hydrogens is 332 g/mol. The maximum Gasteiger partial charge on any atom is 0.294 e. The summed E-state index contributed by atoms with van der Waals surface area (Å²) in [6.07, 6.45) is 0. The molecule has 8 nitrogen and oxygen atoms in total. The number of carbonyl (C=O) groups excluding carboxylic acids is 1. The third kappa shape index (κ3) is 2.57. The van der Waals surface area contributed by atoms with E-state index in [1.54, 1.807) is 18.0 Å². The Morgan fingerprint density at radius 3 is 2.58 bits per heavy atom. The van der Waals surface area contributed by atoms with Gasteiger partial charge in [-0.15, -0.1) is 0 Å². The van der Waals surface area contributed by atoms with E-state index in [2.05, 4.69) is 9.89 Å². The average molecular weight is 351 g/mol. The van der Waals surface area contributed by atoms with Gasteiger partial charge in [-0.2, -0.15) is 0 Å². The van der Waals surface area contributed by atoms with Crippen LogP contribution in [-0.2, 0) is 4.79 Å². The van der Waals surface area contributed by atoms with Gasteiger partial charge in [0.1, 0.15) is 10.8 Å². The van der Waals surface area contributed by atoms with E-state index in [4.69, 9.17) is 22.7 Å². The van der Waals surface area contributed by atoms with Crippen molar-refractivity contribution in [2.75, 3.05) is 39.0 Å². The van der Waals surface area contributed by atoms with Gasteiger partial charge >= 0.3 is 0 Å². The van der Waals surface area contributed by atoms with Gasteiger partial charge in [-0.1, -0.05) is 11.6 Å². The van der Waals surface area contributed by atoms with E-state index in [1.807, 2.05) is 7.05 Å². The summed E-state index contributed by atoms with van der Waals surface area (Å²) >= 11 is 6.00. The molecule has 2 aliphatic heterocycles. The summed E-state index contributed by atoms with van der Waals surface area (Å²) in [6.45, 7) is 4.20. The number of aromatic hydroxyl groups is 1.